The van der Waals surface area contributed by atoms with Crippen LogP contribution in [0.2, 0.25) is 5.02 Å². The second kappa shape index (κ2) is 6.70. The molecule has 29 heavy (non-hydrogen) atoms. The van der Waals surface area contributed by atoms with Gasteiger partial charge in [-0.1, -0.05) is 17.7 Å². The number of nitrogens with zero attached hydrogens (tertiary/aromatic N) is 4. The molecular formula is C19H12ClF3N4O2. The monoisotopic (exact) mass is 420 g/mol. The molecule has 6 nitrogen and oxygen atoms in total. The molecule has 2 aromatic carbocycles. The predicted octanol–water partition coefficient (Wildman–Crippen LogP) is 4.71. The van der Waals surface area contributed by atoms with Crippen molar-refractivity contribution in [3.05, 3.63) is 63.9 Å². The fourth-order valence-corrected chi connectivity index (χ4v) is 3.22. The van der Waals surface area contributed by atoms with Gasteiger partial charge in [-0.3, -0.25) is 0 Å². The summed E-state index contributed by atoms with van der Waals surface area (Å²) in [5, 5.41) is 4.11. The minimum absolute atomic E-state index is 0.0495. The number of carbonyl (C=O) groups excluding carboxylic acids is 1. The summed E-state index contributed by atoms with van der Waals surface area (Å²) in [6.07, 6.45) is -4.60. The zero-order valence-electron chi connectivity index (χ0n) is 15.1. The zero-order valence-corrected chi connectivity index (χ0v) is 15.8. The molecule has 0 bridgehead atoms. The number of aromatic nitrogens is 3. The van der Waals surface area contributed by atoms with Crippen LogP contribution in [-0.2, 0) is 18.0 Å². The smallest absolute Gasteiger partial charge is 0.403 e. The number of hydrogen-bond acceptors (Lipinski definition) is 5. The van der Waals surface area contributed by atoms with E-state index in [4.69, 9.17) is 16.3 Å². The first-order chi connectivity index (χ1) is 13.6. The van der Waals surface area contributed by atoms with E-state index < -0.39 is 18.0 Å². The van der Waals surface area contributed by atoms with Gasteiger partial charge >= 0.3 is 12.1 Å². The van der Waals surface area contributed by atoms with E-state index in [9.17, 15) is 18.0 Å². The third-order valence-corrected chi connectivity index (χ3v) is 4.65. The largest absolute Gasteiger partial charge is 0.451 e. The van der Waals surface area contributed by atoms with Crippen molar-refractivity contribution in [2.45, 2.75) is 13.1 Å². The standard InChI is InChI=1S/C19H12ClF3N4O2/c1-9-8-10(15-25-18(19(21,22)23)27(2)26-15)6-7-13(9)24-16-11-4-3-5-12(20)14(11)17(28)29-16/h3-8H,1-2H3/b24-16-. The minimum Gasteiger partial charge on any atom is -0.403 e. The van der Waals surface area contributed by atoms with Gasteiger partial charge in [0.25, 0.3) is 0 Å². The van der Waals surface area contributed by atoms with E-state index in [-0.39, 0.29) is 22.3 Å². The molecule has 148 valence electrons. The highest BCUT2D eigenvalue weighted by atomic mass is 35.5. The normalized spacial score (nSPS) is 15.0. The Morgan fingerprint density at radius 3 is 2.62 bits per heavy atom. The minimum atomic E-state index is -4.60. The Labute approximate surface area is 167 Å². The summed E-state index contributed by atoms with van der Waals surface area (Å²) in [5.41, 5.74) is 2.26. The Balaban J connectivity index is 1.71. The average Bonchev–Trinajstić information content (AvgIpc) is 3.18. The summed E-state index contributed by atoms with van der Waals surface area (Å²) in [4.78, 5) is 20.0. The fraction of sp³-hybridized carbons (Fsp3) is 0.158. The molecule has 0 spiro atoms. The molecule has 10 heteroatoms. The number of aryl methyl sites for hydroxylation is 2. The molecule has 4 rings (SSSR count). The van der Waals surface area contributed by atoms with Crippen molar-refractivity contribution in [2.24, 2.45) is 12.0 Å². The average molecular weight is 421 g/mol. The molecule has 0 N–H and O–H groups in total. The van der Waals surface area contributed by atoms with Crippen LogP contribution in [-0.4, -0.2) is 26.6 Å². The van der Waals surface area contributed by atoms with Crippen LogP contribution in [0.3, 0.4) is 0 Å². The number of benzene rings is 2. The number of fused-ring (bicyclic) bond motifs is 1. The first-order valence-electron chi connectivity index (χ1n) is 8.34. The van der Waals surface area contributed by atoms with Gasteiger partial charge in [-0.25, -0.2) is 19.5 Å². The van der Waals surface area contributed by atoms with E-state index in [1.54, 1.807) is 43.3 Å². The lowest BCUT2D eigenvalue weighted by Crippen LogP contribution is -2.13. The quantitative estimate of drug-likeness (QED) is 0.563. The van der Waals surface area contributed by atoms with Crippen LogP contribution in [0.15, 0.2) is 41.4 Å². The number of alkyl halides is 3. The molecule has 0 atom stereocenters. The van der Waals surface area contributed by atoms with Crippen LogP contribution in [0.4, 0.5) is 18.9 Å². The van der Waals surface area contributed by atoms with E-state index in [0.717, 1.165) is 0 Å². The number of aliphatic imine (C=N–C) groups is 1. The molecule has 2 heterocycles. The summed E-state index contributed by atoms with van der Waals surface area (Å²) < 4.78 is 44.7. The number of halogens is 4. The van der Waals surface area contributed by atoms with Gasteiger partial charge in [0.15, 0.2) is 5.82 Å². The topological polar surface area (TPSA) is 69.4 Å². The lowest BCUT2D eigenvalue weighted by molar-refractivity contribution is -0.147. The van der Waals surface area contributed by atoms with Crippen LogP contribution >= 0.6 is 11.6 Å². The molecular weight excluding hydrogens is 409 g/mol. The maximum absolute atomic E-state index is 12.9. The molecule has 0 saturated carbocycles. The van der Waals surface area contributed by atoms with Crippen molar-refractivity contribution in [3.8, 4) is 11.4 Å². The van der Waals surface area contributed by atoms with E-state index in [1.165, 1.54) is 7.05 Å². The second-order valence-corrected chi connectivity index (χ2v) is 6.76. The van der Waals surface area contributed by atoms with Gasteiger partial charge in [-0.05, 0) is 42.8 Å². The van der Waals surface area contributed by atoms with Crippen LogP contribution in [0, 0.1) is 6.92 Å². The van der Waals surface area contributed by atoms with E-state index in [1.807, 2.05) is 0 Å². The Morgan fingerprint density at radius 2 is 1.97 bits per heavy atom. The zero-order chi connectivity index (χ0) is 20.9. The fourth-order valence-electron chi connectivity index (χ4n) is 2.97. The third-order valence-electron chi connectivity index (χ3n) is 4.33. The van der Waals surface area contributed by atoms with Crippen LogP contribution < -0.4 is 0 Å². The summed E-state index contributed by atoms with van der Waals surface area (Å²) in [5.74, 6) is -1.61. The van der Waals surface area contributed by atoms with Gasteiger partial charge in [-0.15, -0.1) is 0 Å². The maximum Gasteiger partial charge on any atom is 0.451 e. The SMILES string of the molecule is Cc1cc(-c2nc(C(F)(F)F)n(C)n2)ccc1/N=C1\OC(=O)c2c(Cl)cccc21. The molecule has 0 fully saturated rings. The highest BCUT2D eigenvalue weighted by Gasteiger charge is 2.37. The first-order valence-corrected chi connectivity index (χ1v) is 8.72. The van der Waals surface area contributed by atoms with Gasteiger partial charge in [0.1, 0.15) is 0 Å². The molecule has 0 aliphatic carbocycles. The van der Waals surface area contributed by atoms with E-state index in [2.05, 4.69) is 15.1 Å². The molecule has 0 unspecified atom stereocenters. The van der Waals surface area contributed by atoms with Gasteiger partial charge in [-0.2, -0.15) is 18.3 Å². The molecule has 1 aliphatic rings. The third kappa shape index (κ3) is 3.38. The van der Waals surface area contributed by atoms with Crippen molar-refractivity contribution in [1.29, 1.82) is 0 Å². The molecule has 0 saturated heterocycles. The van der Waals surface area contributed by atoms with Crippen molar-refractivity contribution < 1.29 is 22.7 Å². The lowest BCUT2D eigenvalue weighted by Gasteiger charge is -2.04. The molecule has 1 aromatic heterocycles. The summed E-state index contributed by atoms with van der Waals surface area (Å²) in [6.45, 7) is 1.73. The lowest BCUT2D eigenvalue weighted by atomic mass is 10.1. The van der Waals surface area contributed by atoms with Gasteiger partial charge in [0.05, 0.1) is 21.8 Å². The summed E-state index contributed by atoms with van der Waals surface area (Å²) in [7, 11) is 1.18. The van der Waals surface area contributed by atoms with Crippen LogP contribution in [0.5, 0.6) is 0 Å². The van der Waals surface area contributed by atoms with Crippen LogP contribution in [0.1, 0.15) is 27.3 Å². The number of carbonyl (C=O) groups is 1. The van der Waals surface area contributed by atoms with Crippen molar-refractivity contribution >= 4 is 29.2 Å². The van der Waals surface area contributed by atoms with Gasteiger partial charge in [0.2, 0.25) is 11.7 Å². The molecule has 1 aliphatic heterocycles. The van der Waals surface area contributed by atoms with E-state index >= 15 is 0 Å². The van der Waals surface area contributed by atoms with Crippen molar-refractivity contribution in [3.63, 3.8) is 0 Å². The van der Waals surface area contributed by atoms with Crippen molar-refractivity contribution in [1.82, 2.24) is 14.8 Å². The number of cyclic esters (lactones) is 1. The number of hydrogen-bond donors (Lipinski definition) is 0. The molecule has 0 radical (unpaired) electrons. The second-order valence-electron chi connectivity index (χ2n) is 6.35. The highest BCUT2D eigenvalue weighted by molar-refractivity contribution is 6.36. The van der Waals surface area contributed by atoms with Crippen molar-refractivity contribution in [2.75, 3.05) is 0 Å². The summed E-state index contributed by atoms with van der Waals surface area (Å²) in [6, 6.07) is 9.70. The Kier molecular flexibility index (Phi) is 4.42. The predicted molar refractivity (Wildman–Crippen MR) is 99.2 cm³/mol. The Bertz CT molecular complexity index is 1180. The Hall–Kier alpha value is -3.20. The van der Waals surface area contributed by atoms with Crippen LogP contribution in [0.25, 0.3) is 11.4 Å². The molecule has 3 aromatic rings. The Morgan fingerprint density at radius 1 is 1.21 bits per heavy atom. The summed E-state index contributed by atoms with van der Waals surface area (Å²) >= 11 is 6.05. The number of rotatable bonds is 2. The van der Waals surface area contributed by atoms with E-state index in [0.29, 0.717) is 27.1 Å². The molecule has 0 amide bonds. The van der Waals surface area contributed by atoms with Gasteiger partial charge in [0, 0.05) is 12.6 Å². The first kappa shape index (κ1) is 19.1. The maximum atomic E-state index is 12.9. The van der Waals surface area contributed by atoms with Gasteiger partial charge < -0.3 is 4.74 Å². The number of esters is 1. The highest BCUT2D eigenvalue weighted by Crippen LogP contribution is 2.32. The number of ether oxygens (including phenoxy) is 1.